The Morgan fingerprint density at radius 1 is 1.22 bits per heavy atom. The summed E-state index contributed by atoms with van der Waals surface area (Å²) in [7, 11) is 0. The van der Waals surface area contributed by atoms with Crippen molar-refractivity contribution in [3.8, 4) is 11.5 Å². The Bertz CT molecular complexity index is 382. The number of nitrogens with one attached hydrogen (secondary N) is 1. The summed E-state index contributed by atoms with van der Waals surface area (Å²) in [6.07, 6.45) is 0.954. The first-order valence-corrected chi connectivity index (χ1v) is 7.50. The van der Waals surface area contributed by atoms with E-state index in [0.29, 0.717) is 6.04 Å². The van der Waals surface area contributed by atoms with Gasteiger partial charge in [0.25, 0.3) is 0 Å². The molecular weight excluding hydrogens is 246 g/mol. The van der Waals surface area contributed by atoms with Gasteiger partial charge in [0, 0.05) is 29.7 Å². The predicted molar refractivity (Wildman–Crippen MR) is 75.9 cm³/mol. The van der Waals surface area contributed by atoms with Crippen molar-refractivity contribution in [2.24, 2.45) is 0 Å². The van der Waals surface area contributed by atoms with Crippen LogP contribution in [0, 0.1) is 0 Å². The van der Waals surface area contributed by atoms with Crippen LogP contribution < -0.4 is 14.8 Å². The van der Waals surface area contributed by atoms with E-state index in [2.05, 4.69) is 31.3 Å². The summed E-state index contributed by atoms with van der Waals surface area (Å²) in [6.45, 7) is 6.85. The van der Waals surface area contributed by atoms with Gasteiger partial charge in [0.15, 0.2) is 11.5 Å². The topological polar surface area (TPSA) is 30.5 Å². The molecule has 100 valence electrons. The number of benzene rings is 1. The van der Waals surface area contributed by atoms with Crippen LogP contribution in [-0.4, -0.2) is 31.6 Å². The minimum absolute atomic E-state index is 0.550. The standard InChI is InChI=1S/C14H21NO2S/c1-11(2)15-6-9-18-12-4-5-13-14(10-12)17-8-3-7-16-13/h4-5,10-11,15H,3,6-9H2,1-2H3. The summed E-state index contributed by atoms with van der Waals surface area (Å²) in [6, 6.07) is 6.75. The molecule has 0 saturated carbocycles. The highest BCUT2D eigenvalue weighted by Gasteiger charge is 2.10. The minimum atomic E-state index is 0.550. The fourth-order valence-electron chi connectivity index (χ4n) is 1.75. The van der Waals surface area contributed by atoms with E-state index in [1.54, 1.807) is 0 Å². The van der Waals surface area contributed by atoms with Gasteiger partial charge in [-0.25, -0.2) is 0 Å². The van der Waals surface area contributed by atoms with Gasteiger partial charge in [0.1, 0.15) is 0 Å². The van der Waals surface area contributed by atoms with Crippen LogP contribution in [-0.2, 0) is 0 Å². The molecule has 0 atom stereocenters. The minimum Gasteiger partial charge on any atom is -0.490 e. The zero-order valence-corrected chi connectivity index (χ0v) is 11.9. The van der Waals surface area contributed by atoms with Crippen molar-refractivity contribution < 1.29 is 9.47 Å². The van der Waals surface area contributed by atoms with Crippen molar-refractivity contribution >= 4 is 11.8 Å². The Balaban J connectivity index is 1.88. The van der Waals surface area contributed by atoms with Crippen LogP contribution in [0.2, 0.25) is 0 Å². The molecule has 1 aliphatic heterocycles. The second kappa shape index (κ2) is 6.90. The van der Waals surface area contributed by atoms with Crippen molar-refractivity contribution in [3.63, 3.8) is 0 Å². The van der Waals surface area contributed by atoms with E-state index in [9.17, 15) is 0 Å². The van der Waals surface area contributed by atoms with Crippen LogP contribution in [0.25, 0.3) is 0 Å². The fourth-order valence-corrected chi connectivity index (χ4v) is 2.56. The van der Waals surface area contributed by atoms with E-state index in [0.717, 1.165) is 43.4 Å². The van der Waals surface area contributed by atoms with Crippen LogP contribution in [0.5, 0.6) is 11.5 Å². The molecule has 0 aliphatic carbocycles. The maximum Gasteiger partial charge on any atom is 0.162 e. The molecule has 1 heterocycles. The Morgan fingerprint density at radius 3 is 2.78 bits per heavy atom. The van der Waals surface area contributed by atoms with Crippen LogP contribution in [0.1, 0.15) is 20.3 Å². The molecule has 0 fully saturated rings. The molecule has 0 bridgehead atoms. The quantitative estimate of drug-likeness (QED) is 0.656. The maximum absolute atomic E-state index is 5.68. The van der Waals surface area contributed by atoms with E-state index in [1.165, 1.54) is 4.90 Å². The third-order valence-corrected chi connectivity index (χ3v) is 3.64. The molecule has 0 amide bonds. The summed E-state index contributed by atoms with van der Waals surface area (Å²) in [5.74, 6) is 2.82. The molecule has 0 spiro atoms. The van der Waals surface area contributed by atoms with Crippen molar-refractivity contribution in [1.29, 1.82) is 0 Å². The molecule has 3 nitrogen and oxygen atoms in total. The van der Waals surface area contributed by atoms with Crippen LogP contribution in [0.15, 0.2) is 23.1 Å². The zero-order chi connectivity index (χ0) is 12.8. The molecule has 0 aromatic heterocycles. The lowest BCUT2D eigenvalue weighted by Crippen LogP contribution is -2.24. The summed E-state index contributed by atoms with van der Waals surface area (Å²) in [5.41, 5.74) is 0. The van der Waals surface area contributed by atoms with Crippen LogP contribution in [0.3, 0.4) is 0 Å². The van der Waals surface area contributed by atoms with Gasteiger partial charge >= 0.3 is 0 Å². The Hall–Kier alpha value is -0.870. The highest BCUT2D eigenvalue weighted by molar-refractivity contribution is 7.99. The number of hydrogen-bond acceptors (Lipinski definition) is 4. The SMILES string of the molecule is CC(C)NCCSc1ccc2c(c1)OCCCO2. The maximum atomic E-state index is 5.68. The third kappa shape index (κ3) is 4.10. The fraction of sp³-hybridized carbons (Fsp3) is 0.571. The lowest BCUT2D eigenvalue weighted by molar-refractivity contribution is 0.297. The van der Waals surface area contributed by atoms with Crippen molar-refractivity contribution in [2.75, 3.05) is 25.5 Å². The largest absolute Gasteiger partial charge is 0.490 e. The van der Waals surface area contributed by atoms with Gasteiger partial charge in [-0.15, -0.1) is 11.8 Å². The Labute approximate surface area is 113 Å². The van der Waals surface area contributed by atoms with Crippen molar-refractivity contribution in [3.05, 3.63) is 18.2 Å². The highest BCUT2D eigenvalue weighted by Crippen LogP contribution is 2.33. The first-order valence-electron chi connectivity index (χ1n) is 6.51. The highest BCUT2D eigenvalue weighted by atomic mass is 32.2. The summed E-state index contributed by atoms with van der Waals surface area (Å²) in [5, 5.41) is 3.41. The van der Waals surface area contributed by atoms with Gasteiger partial charge in [-0.05, 0) is 18.2 Å². The Morgan fingerprint density at radius 2 is 2.00 bits per heavy atom. The predicted octanol–water partition coefficient (Wildman–Crippen LogP) is 2.94. The van der Waals surface area contributed by atoms with E-state index >= 15 is 0 Å². The molecule has 1 N–H and O–H groups in total. The number of fused-ring (bicyclic) bond motifs is 1. The summed E-state index contributed by atoms with van der Waals surface area (Å²) >= 11 is 1.84. The molecule has 1 aromatic rings. The lowest BCUT2D eigenvalue weighted by Gasteiger charge is -2.10. The molecule has 4 heteroatoms. The molecule has 18 heavy (non-hydrogen) atoms. The van der Waals surface area contributed by atoms with E-state index in [-0.39, 0.29) is 0 Å². The van der Waals surface area contributed by atoms with Gasteiger partial charge in [0.2, 0.25) is 0 Å². The first kappa shape index (κ1) is 13.6. The van der Waals surface area contributed by atoms with Gasteiger partial charge < -0.3 is 14.8 Å². The lowest BCUT2D eigenvalue weighted by atomic mass is 10.3. The molecule has 0 unspecified atom stereocenters. The molecule has 0 saturated heterocycles. The summed E-state index contributed by atoms with van der Waals surface area (Å²) in [4.78, 5) is 1.24. The van der Waals surface area contributed by atoms with Gasteiger partial charge in [-0.2, -0.15) is 0 Å². The van der Waals surface area contributed by atoms with E-state index < -0.39 is 0 Å². The molecular formula is C14H21NO2S. The normalized spacial score (nSPS) is 14.6. The zero-order valence-electron chi connectivity index (χ0n) is 11.1. The van der Waals surface area contributed by atoms with Crippen molar-refractivity contribution in [2.45, 2.75) is 31.2 Å². The number of hydrogen-bond donors (Lipinski definition) is 1. The van der Waals surface area contributed by atoms with Crippen LogP contribution >= 0.6 is 11.8 Å². The van der Waals surface area contributed by atoms with Crippen molar-refractivity contribution in [1.82, 2.24) is 5.32 Å². The number of ether oxygens (including phenoxy) is 2. The second-order valence-electron chi connectivity index (χ2n) is 4.62. The number of thioether (sulfide) groups is 1. The Kier molecular flexibility index (Phi) is 5.20. The molecule has 2 rings (SSSR count). The smallest absolute Gasteiger partial charge is 0.162 e. The molecule has 1 aliphatic rings. The van der Waals surface area contributed by atoms with Gasteiger partial charge in [-0.1, -0.05) is 13.8 Å². The molecule has 1 aromatic carbocycles. The van der Waals surface area contributed by atoms with E-state index in [4.69, 9.17) is 9.47 Å². The average Bonchev–Trinajstić information content (AvgIpc) is 2.59. The third-order valence-electron chi connectivity index (χ3n) is 2.64. The summed E-state index contributed by atoms with van der Waals surface area (Å²) < 4.78 is 11.3. The first-order chi connectivity index (χ1) is 8.75. The van der Waals surface area contributed by atoms with E-state index in [1.807, 2.05) is 17.8 Å². The van der Waals surface area contributed by atoms with Crippen LogP contribution in [0.4, 0.5) is 0 Å². The monoisotopic (exact) mass is 267 g/mol. The molecule has 0 radical (unpaired) electrons. The average molecular weight is 267 g/mol. The van der Waals surface area contributed by atoms with Gasteiger partial charge in [-0.3, -0.25) is 0 Å². The number of rotatable bonds is 5. The van der Waals surface area contributed by atoms with Gasteiger partial charge in [0.05, 0.1) is 13.2 Å². The second-order valence-corrected chi connectivity index (χ2v) is 5.78.